The summed E-state index contributed by atoms with van der Waals surface area (Å²) in [4.78, 5) is 16.4. The monoisotopic (exact) mass is 315 g/mol. The summed E-state index contributed by atoms with van der Waals surface area (Å²) < 4.78 is 5.03. The maximum absolute atomic E-state index is 12.2. The lowest BCUT2D eigenvalue weighted by atomic mass is 10.3. The van der Waals surface area contributed by atoms with E-state index in [1.807, 2.05) is 11.8 Å². The second-order valence-corrected chi connectivity index (χ2v) is 5.30. The van der Waals surface area contributed by atoms with Gasteiger partial charge in [0.25, 0.3) is 5.91 Å². The third-order valence-corrected chi connectivity index (χ3v) is 3.47. The van der Waals surface area contributed by atoms with Crippen LogP contribution in [0.4, 0.5) is 0 Å². The highest BCUT2D eigenvalue weighted by Gasteiger charge is 2.22. The number of halogens is 1. The second-order valence-electron chi connectivity index (χ2n) is 4.51. The Hall–Kier alpha value is -0.880. The lowest BCUT2D eigenvalue weighted by Gasteiger charge is -2.20. The van der Waals surface area contributed by atoms with E-state index < -0.39 is 0 Å². The van der Waals surface area contributed by atoms with E-state index in [2.05, 4.69) is 26.0 Å². The van der Waals surface area contributed by atoms with Crippen molar-refractivity contribution in [3.05, 3.63) is 17.5 Å². The Morgan fingerprint density at radius 3 is 2.94 bits per heavy atom. The summed E-state index contributed by atoms with van der Waals surface area (Å²) in [6, 6.07) is 1.70. The van der Waals surface area contributed by atoms with Crippen LogP contribution in [-0.4, -0.2) is 58.9 Å². The summed E-state index contributed by atoms with van der Waals surface area (Å²) in [5, 5.41) is 4.74. The van der Waals surface area contributed by atoms with Crippen molar-refractivity contribution in [2.75, 3.05) is 38.1 Å². The zero-order chi connectivity index (χ0) is 13.0. The molecular formula is C12H18BrN3O2. The summed E-state index contributed by atoms with van der Waals surface area (Å²) >= 11 is 3.45. The molecule has 0 bridgehead atoms. The van der Waals surface area contributed by atoms with E-state index in [1.54, 1.807) is 6.07 Å². The van der Waals surface area contributed by atoms with Crippen LogP contribution < -0.4 is 0 Å². The van der Waals surface area contributed by atoms with Gasteiger partial charge in [-0.25, -0.2) is 0 Å². The number of hydrogen-bond acceptors (Lipinski definition) is 4. The fraction of sp³-hybridized carbons (Fsp3) is 0.667. The first-order chi connectivity index (χ1) is 8.70. The maximum atomic E-state index is 12.2. The van der Waals surface area contributed by atoms with E-state index in [-0.39, 0.29) is 5.91 Å². The molecule has 1 aliphatic rings. The van der Waals surface area contributed by atoms with Crippen LogP contribution in [0, 0.1) is 6.92 Å². The number of alkyl halides is 1. The summed E-state index contributed by atoms with van der Waals surface area (Å²) in [7, 11) is 0. The summed E-state index contributed by atoms with van der Waals surface area (Å²) in [5.41, 5.74) is 0.745. The molecule has 0 aliphatic carbocycles. The van der Waals surface area contributed by atoms with Crippen LogP contribution in [0.3, 0.4) is 0 Å². The molecule has 2 heterocycles. The molecule has 1 fully saturated rings. The fourth-order valence-corrected chi connectivity index (χ4v) is 2.64. The normalized spacial score (nSPS) is 17.8. The van der Waals surface area contributed by atoms with Crippen molar-refractivity contribution in [2.24, 2.45) is 0 Å². The molecule has 0 spiro atoms. The molecule has 1 aromatic heterocycles. The highest BCUT2D eigenvalue weighted by Crippen LogP contribution is 2.10. The van der Waals surface area contributed by atoms with E-state index in [9.17, 15) is 4.79 Å². The molecule has 0 radical (unpaired) electrons. The third-order valence-electron chi connectivity index (χ3n) is 3.12. The van der Waals surface area contributed by atoms with E-state index in [1.165, 1.54) is 0 Å². The van der Waals surface area contributed by atoms with Crippen LogP contribution in [-0.2, 0) is 0 Å². The molecule has 100 valence electrons. The lowest BCUT2D eigenvalue weighted by Crippen LogP contribution is -2.35. The number of aromatic nitrogens is 1. The van der Waals surface area contributed by atoms with Gasteiger partial charge in [0.2, 0.25) is 5.76 Å². The standard InChI is InChI=1S/C12H18BrN3O2/c1-10-9-11(18-14-10)12(17)16-5-2-4-15(6-3-13)7-8-16/h9H,2-8H2,1H3. The Labute approximate surface area is 115 Å². The van der Waals surface area contributed by atoms with Gasteiger partial charge < -0.3 is 14.3 Å². The van der Waals surface area contributed by atoms with Gasteiger partial charge in [0.15, 0.2) is 0 Å². The van der Waals surface area contributed by atoms with Crippen molar-refractivity contribution >= 4 is 21.8 Å². The average molecular weight is 316 g/mol. The first-order valence-corrected chi connectivity index (χ1v) is 7.34. The van der Waals surface area contributed by atoms with Crippen LogP contribution in [0.2, 0.25) is 0 Å². The molecule has 1 amide bonds. The van der Waals surface area contributed by atoms with Crippen molar-refractivity contribution in [1.29, 1.82) is 0 Å². The van der Waals surface area contributed by atoms with E-state index in [0.717, 1.165) is 50.2 Å². The van der Waals surface area contributed by atoms with Crippen molar-refractivity contribution < 1.29 is 9.32 Å². The van der Waals surface area contributed by atoms with Crippen LogP contribution in [0.15, 0.2) is 10.6 Å². The second kappa shape index (κ2) is 6.33. The van der Waals surface area contributed by atoms with E-state index >= 15 is 0 Å². The summed E-state index contributed by atoms with van der Waals surface area (Å²) in [6.45, 7) is 6.36. The minimum atomic E-state index is -0.0451. The van der Waals surface area contributed by atoms with Gasteiger partial charge in [-0.1, -0.05) is 21.1 Å². The van der Waals surface area contributed by atoms with E-state index in [0.29, 0.717) is 5.76 Å². The first kappa shape index (κ1) is 13.5. The Morgan fingerprint density at radius 1 is 1.44 bits per heavy atom. The molecule has 1 aromatic rings. The maximum Gasteiger partial charge on any atom is 0.292 e. The summed E-state index contributed by atoms with van der Waals surface area (Å²) in [5.74, 6) is 0.303. The minimum absolute atomic E-state index is 0.0451. The van der Waals surface area contributed by atoms with Crippen molar-refractivity contribution in [2.45, 2.75) is 13.3 Å². The summed E-state index contributed by atoms with van der Waals surface area (Å²) in [6.07, 6.45) is 1.01. The molecule has 5 nitrogen and oxygen atoms in total. The predicted octanol–water partition coefficient (Wildman–Crippen LogP) is 1.53. The number of amides is 1. The van der Waals surface area contributed by atoms with Crippen LogP contribution >= 0.6 is 15.9 Å². The van der Waals surface area contributed by atoms with Gasteiger partial charge in [-0.15, -0.1) is 0 Å². The number of carbonyl (C=O) groups excluding carboxylic acids is 1. The Bertz CT molecular complexity index is 408. The molecule has 0 N–H and O–H groups in total. The molecule has 0 aromatic carbocycles. The number of aryl methyl sites for hydroxylation is 1. The van der Waals surface area contributed by atoms with Gasteiger partial charge in [0, 0.05) is 37.6 Å². The van der Waals surface area contributed by atoms with Gasteiger partial charge in [-0.05, 0) is 19.9 Å². The quantitative estimate of drug-likeness (QED) is 0.794. The number of carbonyl (C=O) groups is 1. The molecule has 1 aliphatic heterocycles. The molecule has 6 heteroatoms. The van der Waals surface area contributed by atoms with Crippen LogP contribution in [0.5, 0.6) is 0 Å². The number of nitrogens with zero attached hydrogens (tertiary/aromatic N) is 3. The van der Waals surface area contributed by atoms with Gasteiger partial charge in [-0.3, -0.25) is 4.79 Å². The minimum Gasteiger partial charge on any atom is -0.351 e. The Kier molecular flexibility index (Phi) is 4.77. The van der Waals surface area contributed by atoms with Gasteiger partial charge in [0.1, 0.15) is 0 Å². The van der Waals surface area contributed by atoms with Crippen molar-refractivity contribution in [1.82, 2.24) is 15.0 Å². The zero-order valence-electron chi connectivity index (χ0n) is 10.6. The van der Waals surface area contributed by atoms with Gasteiger partial charge in [0.05, 0.1) is 5.69 Å². The third kappa shape index (κ3) is 3.32. The topological polar surface area (TPSA) is 49.6 Å². The lowest BCUT2D eigenvalue weighted by molar-refractivity contribution is 0.0720. The molecule has 0 atom stereocenters. The molecule has 0 saturated carbocycles. The molecular weight excluding hydrogens is 298 g/mol. The van der Waals surface area contributed by atoms with Crippen molar-refractivity contribution in [3.63, 3.8) is 0 Å². The Morgan fingerprint density at radius 2 is 2.28 bits per heavy atom. The van der Waals surface area contributed by atoms with Gasteiger partial charge >= 0.3 is 0 Å². The number of rotatable bonds is 3. The highest BCUT2D eigenvalue weighted by atomic mass is 79.9. The molecule has 2 rings (SSSR count). The van der Waals surface area contributed by atoms with Gasteiger partial charge in [-0.2, -0.15) is 0 Å². The van der Waals surface area contributed by atoms with E-state index in [4.69, 9.17) is 4.52 Å². The zero-order valence-corrected chi connectivity index (χ0v) is 12.1. The smallest absolute Gasteiger partial charge is 0.292 e. The van der Waals surface area contributed by atoms with Crippen LogP contribution in [0.25, 0.3) is 0 Å². The Balaban J connectivity index is 1.95. The highest BCUT2D eigenvalue weighted by molar-refractivity contribution is 9.09. The fourth-order valence-electron chi connectivity index (χ4n) is 2.14. The average Bonchev–Trinajstić information content (AvgIpc) is 2.65. The SMILES string of the molecule is Cc1cc(C(=O)N2CCCN(CCBr)CC2)on1. The number of hydrogen-bond donors (Lipinski definition) is 0. The first-order valence-electron chi connectivity index (χ1n) is 6.21. The molecule has 0 unspecified atom stereocenters. The largest absolute Gasteiger partial charge is 0.351 e. The molecule has 18 heavy (non-hydrogen) atoms. The van der Waals surface area contributed by atoms with Crippen molar-refractivity contribution in [3.8, 4) is 0 Å². The molecule has 1 saturated heterocycles. The van der Waals surface area contributed by atoms with Crippen LogP contribution in [0.1, 0.15) is 22.7 Å². The predicted molar refractivity (Wildman–Crippen MR) is 72.0 cm³/mol.